The predicted octanol–water partition coefficient (Wildman–Crippen LogP) is 3.45. The molecule has 25 heavy (non-hydrogen) atoms. The summed E-state index contributed by atoms with van der Waals surface area (Å²) in [6.45, 7) is 1.48. The van der Waals surface area contributed by atoms with Crippen molar-refractivity contribution in [2.24, 2.45) is 0 Å². The lowest BCUT2D eigenvalue weighted by Crippen LogP contribution is -2.39. The third-order valence-electron chi connectivity index (χ3n) is 5.29. The average molecular weight is 336 g/mol. The van der Waals surface area contributed by atoms with Crippen molar-refractivity contribution in [1.82, 2.24) is 20.0 Å². The SMILES string of the molecule is O=C(c1cc(C2CC2)on1)N1CCCC(c2cc3ncccc3[nH]2)C1. The maximum Gasteiger partial charge on any atom is 0.276 e. The first-order valence-electron chi connectivity index (χ1n) is 8.97. The lowest BCUT2D eigenvalue weighted by molar-refractivity contribution is 0.0695. The second-order valence-corrected chi connectivity index (χ2v) is 7.14. The number of hydrogen-bond donors (Lipinski definition) is 1. The van der Waals surface area contributed by atoms with E-state index in [-0.39, 0.29) is 5.91 Å². The van der Waals surface area contributed by atoms with Crippen LogP contribution in [-0.4, -0.2) is 39.0 Å². The Morgan fingerprint density at radius 3 is 3.00 bits per heavy atom. The zero-order chi connectivity index (χ0) is 16.8. The summed E-state index contributed by atoms with van der Waals surface area (Å²) in [7, 11) is 0. The molecule has 1 aliphatic carbocycles. The van der Waals surface area contributed by atoms with Crippen LogP contribution in [0.4, 0.5) is 0 Å². The van der Waals surface area contributed by atoms with Crippen LogP contribution in [0.5, 0.6) is 0 Å². The summed E-state index contributed by atoms with van der Waals surface area (Å²) in [6.07, 6.45) is 6.15. The average Bonchev–Trinajstić information content (AvgIpc) is 3.22. The smallest absolute Gasteiger partial charge is 0.276 e. The number of aromatic amines is 1. The molecule has 1 amide bonds. The van der Waals surface area contributed by atoms with Crippen LogP contribution in [0, 0.1) is 0 Å². The monoisotopic (exact) mass is 336 g/mol. The van der Waals surface area contributed by atoms with Crippen LogP contribution in [0.3, 0.4) is 0 Å². The summed E-state index contributed by atoms with van der Waals surface area (Å²) in [6, 6.07) is 7.90. The molecule has 1 saturated carbocycles. The van der Waals surface area contributed by atoms with E-state index in [9.17, 15) is 4.79 Å². The van der Waals surface area contributed by atoms with Gasteiger partial charge >= 0.3 is 0 Å². The summed E-state index contributed by atoms with van der Waals surface area (Å²) in [5, 5.41) is 4.00. The fraction of sp³-hybridized carbons (Fsp3) is 0.421. The van der Waals surface area contributed by atoms with E-state index in [0.29, 0.717) is 24.1 Å². The first-order chi connectivity index (χ1) is 12.3. The Kier molecular flexibility index (Phi) is 3.36. The highest BCUT2D eigenvalue weighted by molar-refractivity contribution is 5.92. The highest BCUT2D eigenvalue weighted by Gasteiger charge is 2.31. The van der Waals surface area contributed by atoms with Gasteiger partial charge in [-0.3, -0.25) is 9.78 Å². The fourth-order valence-electron chi connectivity index (χ4n) is 3.72. The van der Waals surface area contributed by atoms with Gasteiger partial charge in [0, 0.05) is 42.9 Å². The van der Waals surface area contributed by atoms with Crippen LogP contribution in [0.15, 0.2) is 35.0 Å². The molecule has 0 radical (unpaired) electrons. The van der Waals surface area contributed by atoms with Gasteiger partial charge in [0.2, 0.25) is 0 Å². The van der Waals surface area contributed by atoms with E-state index >= 15 is 0 Å². The van der Waals surface area contributed by atoms with Crippen LogP contribution in [0.25, 0.3) is 11.0 Å². The minimum absolute atomic E-state index is 0.0189. The normalized spacial score (nSPS) is 21.0. The van der Waals surface area contributed by atoms with Gasteiger partial charge in [0.15, 0.2) is 5.69 Å². The van der Waals surface area contributed by atoms with Crippen molar-refractivity contribution in [3.05, 3.63) is 47.6 Å². The van der Waals surface area contributed by atoms with E-state index in [1.54, 1.807) is 6.20 Å². The lowest BCUT2D eigenvalue weighted by Gasteiger charge is -2.31. The van der Waals surface area contributed by atoms with E-state index < -0.39 is 0 Å². The summed E-state index contributed by atoms with van der Waals surface area (Å²) < 4.78 is 5.34. The molecule has 5 rings (SSSR count). The standard InChI is InChI=1S/C19H20N4O2/c24-19(17-10-18(25-22-17)12-5-6-12)23-8-2-3-13(11-23)15-9-16-14(21-15)4-1-7-20-16/h1,4,7,9-10,12-13,21H,2-3,5-6,8,11H2. The number of hydrogen-bond acceptors (Lipinski definition) is 4. The number of carbonyl (C=O) groups is 1. The molecule has 1 atom stereocenters. The number of H-pyrrole nitrogens is 1. The van der Waals surface area contributed by atoms with Crippen LogP contribution in [0.2, 0.25) is 0 Å². The largest absolute Gasteiger partial charge is 0.360 e. The number of nitrogens with one attached hydrogen (secondary N) is 1. The minimum Gasteiger partial charge on any atom is -0.360 e. The van der Waals surface area contributed by atoms with Gasteiger partial charge in [0.25, 0.3) is 5.91 Å². The zero-order valence-electron chi connectivity index (χ0n) is 13.9. The molecule has 128 valence electrons. The second kappa shape index (κ2) is 5.72. The van der Waals surface area contributed by atoms with E-state index in [1.165, 1.54) is 0 Å². The molecule has 0 aromatic carbocycles. The first kappa shape index (κ1) is 14.7. The number of likely N-dealkylation sites (tertiary alicyclic amines) is 1. The third kappa shape index (κ3) is 2.71. The minimum atomic E-state index is -0.0189. The van der Waals surface area contributed by atoms with Crippen molar-refractivity contribution in [2.75, 3.05) is 13.1 Å². The number of fused-ring (bicyclic) bond motifs is 1. The molecule has 0 spiro atoms. The van der Waals surface area contributed by atoms with Gasteiger partial charge in [-0.25, -0.2) is 0 Å². The summed E-state index contributed by atoms with van der Waals surface area (Å²) in [4.78, 5) is 22.5. The topological polar surface area (TPSA) is 75.0 Å². The Bertz CT molecular complexity index is 891. The molecule has 2 fully saturated rings. The third-order valence-corrected chi connectivity index (χ3v) is 5.29. The van der Waals surface area contributed by atoms with E-state index in [0.717, 1.165) is 54.7 Å². The number of pyridine rings is 1. The van der Waals surface area contributed by atoms with Gasteiger partial charge in [-0.15, -0.1) is 0 Å². The molecule has 2 aliphatic rings. The molecule has 1 unspecified atom stereocenters. The van der Waals surface area contributed by atoms with Gasteiger partial charge in [-0.05, 0) is 43.9 Å². The zero-order valence-corrected chi connectivity index (χ0v) is 13.9. The Labute approximate surface area is 145 Å². The number of carbonyl (C=O) groups excluding carboxylic acids is 1. The summed E-state index contributed by atoms with van der Waals surface area (Å²) in [5.74, 6) is 1.62. The summed E-state index contributed by atoms with van der Waals surface area (Å²) >= 11 is 0. The maximum absolute atomic E-state index is 12.8. The molecule has 3 aromatic heterocycles. The van der Waals surface area contributed by atoms with Gasteiger partial charge in [0.1, 0.15) is 5.76 Å². The molecule has 4 heterocycles. The van der Waals surface area contributed by atoms with E-state index in [4.69, 9.17) is 4.52 Å². The fourth-order valence-corrected chi connectivity index (χ4v) is 3.72. The molecular formula is C19H20N4O2. The van der Waals surface area contributed by atoms with Crippen LogP contribution in [-0.2, 0) is 0 Å². The number of rotatable bonds is 3. The molecule has 1 aliphatic heterocycles. The number of piperidine rings is 1. The van der Waals surface area contributed by atoms with Gasteiger partial charge in [-0.2, -0.15) is 0 Å². The maximum atomic E-state index is 12.8. The molecule has 1 N–H and O–H groups in total. The van der Waals surface area contributed by atoms with Crippen LogP contribution >= 0.6 is 0 Å². The van der Waals surface area contributed by atoms with Gasteiger partial charge < -0.3 is 14.4 Å². The highest BCUT2D eigenvalue weighted by atomic mass is 16.5. The number of aromatic nitrogens is 3. The Morgan fingerprint density at radius 1 is 1.24 bits per heavy atom. The second-order valence-electron chi connectivity index (χ2n) is 7.14. The van der Waals surface area contributed by atoms with Crippen molar-refractivity contribution in [1.29, 1.82) is 0 Å². The Balaban J connectivity index is 1.35. The van der Waals surface area contributed by atoms with E-state index in [1.807, 2.05) is 23.1 Å². The van der Waals surface area contributed by atoms with Crippen molar-refractivity contribution >= 4 is 16.9 Å². The van der Waals surface area contributed by atoms with Crippen molar-refractivity contribution in [2.45, 2.75) is 37.5 Å². The molecule has 6 nitrogen and oxygen atoms in total. The number of amides is 1. The van der Waals surface area contributed by atoms with E-state index in [2.05, 4.69) is 21.2 Å². The Hall–Kier alpha value is -2.63. The predicted molar refractivity (Wildman–Crippen MR) is 92.5 cm³/mol. The van der Waals surface area contributed by atoms with Crippen LogP contribution in [0.1, 0.15) is 59.5 Å². The van der Waals surface area contributed by atoms with Crippen molar-refractivity contribution in [3.63, 3.8) is 0 Å². The molecule has 3 aromatic rings. The first-order valence-corrected chi connectivity index (χ1v) is 8.97. The molecule has 0 bridgehead atoms. The van der Waals surface area contributed by atoms with Crippen molar-refractivity contribution < 1.29 is 9.32 Å². The summed E-state index contributed by atoms with van der Waals surface area (Å²) in [5.41, 5.74) is 3.63. The quantitative estimate of drug-likeness (QED) is 0.795. The van der Waals surface area contributed by atoms with Crippen molar-refractivity contribution in [3.8, 4) is 0 Å². The lowest BCUT2D eigenvalue weighted by atomic mass is 9.94. The van der Waals surface area contributed by atoms with Gasteiger partial charge in [-0.1, -0.05) is 5.16 Å². The van der Waals surface area contributed by atoms with Crippen LogP contribution < -0.4 is 0 Å². The molecular weight excluding hydrogens is 316 g/mol. The van der Waals surface area contributed by atoms with Gasteiger partial charge in [0.05, 0.1) is 11.0 Å². The molecule has 1 saturated heterocycles. The highest BCUT2D eigenvalue weighted by Crippen LogP contribution is 2.40. The Morgan fingerprint density at radius 2 is 2.16 bits per heavy atom. The molecule has 6 heteroatoms. The number of nitrogens with zero attached hydrogens (tertiary/aromatic N) is 3.